The molecule has 2 atom stereocenters. The van der Waals surface area contributed by atoms with E-state index in [1.807, 2.05) is 6.92 Å². The van der Waals surface area contributed by atoms with Gasteiger partial charge in [-0.15, -0.1) is 0 Å². The molecule has 1 N–H and O–H groups in total. The molecular formula is C17H29NO3. The summed E-state index contributed by atoms with van der Waals surface area (Å²) in [6.45, 7) is 2.01. The molecule has 4 heteroatoms. The van der Waals surface area contributed by atoms with Crippen molar-refractivity contribution in [1.29, 1.82) is 0 Å². The molecule has 1 amide bonds. The monoisotopic (exact) mass is 295 g/mol. The van der Waals surface area contributed by atoms with E-state index in [4.69, 9.17) is 4.74 Å². The average Bonchev–Trinajstić information content (AvgIpc) is 2.46. The van der Waals surface area contributed by atoms with Gasteiger partial charge in [0.25, 0.3) is 0 Å². The molecule has 4 nitrogen and oxygen atoms in total. The molecule has 0 aromatic rings. The van der Waals surface area contributed by atoms with E-state index in [-0.39, 0.29) is 17.7 Å². The molecule has 21 heavy (non-hydrogen) atoms. The Bertz CT molecular complexity index is 352. The Kier molecular flexibility index (Phi) is 8.99. The molecule has 120 valence electrons. The summed E-state index contributed by atoms with van der Waals surface area (Å²) in [7, 11) is 1.55. The minimum absolute atomic E-state index is 0.118. The van der Waals surface area contributed by atoms with Crippen LogP contribution in [0.4, 0.5) is 0 Å². The van der Waals surface area contributed by atoms with Crippen molar-refractivity contribution in [2.75, 3.05) is 7.11 Å². The van der Waals surface area contributed by atoms with Crippen LogP contribution in [0.15, 0.2) is 12.2 Å². The lowest BCUT2D eigenvalue weighted by molar-refractivity contribution is -0.124. The predicted octanol–water partition coefficient (Wildman–Crippen LogP) is 3.16. The van der Waals surface area contributed by atoms with Gasteiger partial charge in [-0.05, 0) is 25.8 Å². The normalized spacial score (nSPS) is 28.9. The van der Waals surface area contributed by atoms with E-state index < -0.39 is 6.10 Å². The van der Waals surface area contributed by atoms with E-state index in [1.165, 1.54) is 37.8 Å². The number of nitrogens with one attached hydrogen (secondary N) is 1. The quantitative estimate of drug-likeness (QED) is 0.808. The molecule has 0 fully saturated rings. The van der Waals surface area contributed by atoms with Crippen molar-refractivity contribution in [3.63, 3.8) is 0 Å². The van der Waals surface area contributed by atoms with Crippen molar-refractivity contribution in [1.82, 2.24) is 5.32 Å². The number of carbonyl (C=O) groups excluding carboxylic acids is 2. The van der Waals surface area contributed by atoms with Crippen LogP contribution < -0.4 is 5.32 Å². The van der Waals surface area contributed by atoms with Gasteiger partial charge in [0.05, 0.1) is 0 Å². The Morgan fingerprint density at radius 3 is 2.14 bits per heavy atom. The minimum Gasteiger partial charge on any atom is -0.373 e. The van der Waals surface area contributed by atoms with Gasteiger partial charge < -0.3 is 10.1 Å². The maximum Gasteiger partial charge on any atom is 0.244 e. The van der Waals surface area contributed by atoms with Gasteiger partial charge in [-0.25, -0.2) is 0 Å². The first-order valence-corrected chi connectivity index (χ1v) is 8.18. The molecule has 0 bridgehead atoms. The van der Waals surface area contributed by atoms with E-state index in [1.54, 1.807) is 7.11 Å². The molecule has 0 aromatic carbocycles. The highest BCUT2D eigenvalue weighted by Gasteiger charge is 2.15. The van der Waals surface area contributed by atoms with E-state index >= 15 is 0 Å². The maximum atomic E-state index is 12.0. The fraction of sp³-hybridized carbons (Fsp3) is 0.765. The average molecular weight is 295 g/mol. The Morgan fingerprint density at radius 1 is 0.952 bits per heavy atom. The van der Waals surface area contributed by atoms with Crippen LogP contribution >= 0.6 is 0 Å². The molecule has 0 unspecified atom stereocenters. The van der Waals surface area contributed by atoms with Crippen molar-refractivity contribution in [2.45, 2.75) is 76.9 Å². The number of ether oxygens (including phenoxy) is 1. The van der Waals surface area contributed by atoms with Crippen molar-refractivity contribution in [3.05, 3.63) is 12.2 Å². The first kappa shape index (κ1) is 17.9. The summed E-state index contributed by atoms with van der Waals surface area (Å²) in [4.78, 5) is 23.7. The highest BCUT2D eigenvalue weighted by atomic mass is 16.5. The zero-order valence-corrected chi connectivity index (χ0v) is 13.4. The van der Waals surface area contributed by atoms with Crippen LogP contribution in [0, 0.1) is 0 Å². The Balaban J connectivity index is 2.58. The fourth-order valence-electron chi connectivity index (χ4n) is 2.67. The minimum atomic E-state index is -0.417. The summed E-state index contributed by atoms with van der Waals surface area (Å²) >= 11 is 0. The summed E-state index contributed by atoms with van der Waals surface area (Å²) in [5, 5.41) is 2.90. The van der Waals surface area contributed by atoms with Gasteiger partial charge in [-0.2, -0.15) is 0 Å². The lowest BCUT2D eigenvalue weighted by Crippen LogP contribution is -2.31. The van der Waals surface area contributed by atoms with E-state index in [0.717, 1.165) is 32.1 Å². The van der Waals surface area contributed by atoms with Gasteiger partial charge in [0.1, 0.15) is 6.10 Å². The van der Waals surface area contributed by atoms with Crippen LogP contribution in [0.5, 0.6) is 0 Å². The van der Waals surface area contributed by atoms with Crippen LogP contribution in [0.3, 0.4) is 0 Å². The Labute approximate surface area is 128 Å². The Hall–Kier alpha value is -1.16. The zero-order chi connectivity index (χ0) is 15.5. The summed E-state index contributed by atoms with van der Waals surface area (Å²) in [6.07, 6.45) is 12.3. The summed E-state index contributed by atoms with van der Waals surface area (Å²) < 4.78 is 5.23. The number of hydrogen-bond donors (Lipinski definition) is 1. The van der Waals surface area contributed by atoms with Crippen LogP contribution in [-0.4, -0.2) is 30.9 Å². The highest BCUT2D eigenvalue weighted by Crippen LogP contribution is 2.13. The van der Waals surface area contributed by atoms with E-state index in [2.05, 4.69) is 5.32 Å². The lowest BCUT2D eigenvalue weighted by atomic mass is 10.0. The number of carbonyl (C=O) groups is 2. The lowest BCUT2D eigenvalue weighted by Gasteiger charge is -2.14. The number of amides is 1. The number of methoxy groups -OCH3 is 1. The van der Waals surface area contributed by atoms with Crippen LogP contribution in [0.2, 0.25) is 0 Å². The molecule has 0 saturated carbocycles. The van der Waals surface area contributed by atoms with Crippen LogP contribution in [0.25, 0.3) is 0 Å². The van der Waals surface area contributed by atoms with E-state index in [9.17, 15) is 9.59 Å². The first-order valence-electron chi connectivity index (χ1n) is 8.18. The molecule has 0 spiro atoms. The van der Waals surface area contributed by atoms with Gasteiger partial charge in [-0.1, -0.05) is 44.9 Å². The highest BCUT2D eigenvalue weighted by molar-refractivity contribution is 5.99. The first-order chi connectivity index (χ1) is 10.1. The second-order valence-corrected chi connectivity index (χ2v) is 5.92. The number of ketones is 1. The van der Waals surface area contributed by atoms with Crippen molar-refractivity contribution in [3.8, 4) is 0 Å². The second-order valence-electron chi connectivity index (χ2n) is 5.92. The second kappa shape index (κ2) is 10.6. The van der Waals surface area contributed by atoms with Gasteiger partial charge in [0.2, 0.25) is 5.91 Å². The molecular weight excluding hydrogens is 266 g/mol. The molecule has 1 heterocycles. The largest absolute Gasteiger partial charge is 0.373 e. The van der Waals surface area contributed by atoms with Crippen LogP contribution in [-0.2, 0) is 14.3 Å². The molecule has 1 aliphatic heterocycles. The molecule has 0 radical (unpaired) electrons. The number of rotatable bonds is 1. The van der Waals surface area contributed by atoms with Gasteiger partial charge in [0, 0.05) is 19.2 Å². The maximum absolute atomic E-state index is 12.0. The zero-order valence-electron chi connectivity index (χ0n) is 13.4. The molecule has 0 saturated heterocycles. The smallest absolute Gasteiger partial charge is 0.244 e. The summed E-state index contributed by atoms with van der Waals surface area (Å²) in [5.74, 6) is -0.315. The molecule has 0 aromatic heterocycles. The van der Waals surface area contributed by atoms with Gasteiger partial charge in [-0.3, -0.25) is 9.59 Å². The summed E-state index contributed by atoms with van der Waals surface area (Å²) in [6, 6.07) is 0.156. The topological polar surface area (TPSA) is 55.4 Å². The third-order valence-electron chi connectivity index (χ3n) is 3.99. The van der Waals surface area contributed by atoms with Crippen molar-refractivity contribution in [2.24, 2.45) is 0 Å². The predicted molar refractivity (Wildman–Crippen MR) is 84.1 cm³/mol. The molecule has 0 aliphatic carbocycles. The van der Waals surface area contributed by atoms with Crippen LogP contribution in [0.1, 0.15) is 64.7 Å². The molecule has 1 aliphatic rings. The SMILES string of the molecule is CO[C@@H]1CCCCCCCCC[C@@H](C)NC(=O)/C=C/C1=O. The third-order valence-corrected chi connectivity index (χ3v) is 3.99. The fourth-order valence-corrected chi connectivity index (χ4v) is 2.67. The van der Waals surface area contributed by atoms with E-state index in [0.29, 0.717) is 0 Å². The summed E-state index contributed by atoms with van der Waals surface area (Å²) in [5.41, 5.74) is 0. The number of hydrogen-bond acceptors (Lipinski definition) is 3. The Morgan fingerprint density at radius 2 is 1.52 bits per heavy atom. The van der Waals surface area contributed by atoms with Gasteiger partial charge >= 0.3 is 0 Å². The van der Waals surface area contributed by atoms with Crippen molar-refractivity contribution >= 4 is 11.7 Å². The van der Waals surface area contributed by atoms with Crippen molar-refractivity contribution < 1.29 is 14.3 Å². The third kappa shape index (κ3) is 8.00. The molecule has 1 rings (SSSR count). The standard InChI is InChI=1S/C17H29NO3/c1-14-10-8-6-4-3-5-7-9-11-16(21-2)15(19)12-13-17(20)18-14/h12-14,16H,3-11H2,1-2H3,(H,18,20)/b13-12+/t14-,16-/m1/s1. The van der Waals surface area contributed by atoms with Gasteiger partial charge in [0.15, 0.2) is 5.78 Å².